The predicted octanol–water partition coefficient (Wildman–Crippen LogP) is 0.827. The van der Waals surface area contributed by atoms with Crippen molar-refractivity contribution in [3.63, 3.8) is 0 Å². The number of nitrogens with zero attached hydrogens (tertiary/aromatic N) is 1. The SMILES string of the molecule is CC(C)(C)OC(=O)[15N]1[13CH2][13CH2][15NH][13CH2][13CH2]1. The van der Waals surface area contributed by atoms with Gasteiger partial charge in [-0.05, 0) is 20.8 Å². The van der Waals surface area contributed by atoms with Crippen LogP contribution < -0.4 is 5.32 Å². The van der Waals surface area contributed by atoms with Gasteiger partial charge in [-0.25, -0.2) is 4.79 Å². The first-order valence-corrected chi connectivity index (χ1v) is 4.68. The molecule has 0 aliphatic carbocycles. The fraction of sp³-hybridized carbons (Fsp3) is 0.889. The van der Waals surface area contributed by atoms with Gasteiger partial charge in [0.15, 0.2) is 0 Å². The number of amides is 1. The third-order valence-corrected chi connectivity index (χ3v) is 1.77. The zero-order chi connectivity index (χ0) is 9.90. The van der Waals surface area contributed by atoms with Crippen LogP contribution in [0.4, 0.5) is 4.79 Å². The molecule has 1 amide bonds. The fourth-order valence-corrected chi connectivity index (χ4v) is 1.17. The molecule has 0 unspecified atom stereocenters. The van der Waals surface area contributed by atoms with Crippen LogP contribution in [-0.2, 0) is 4.74 Å². The largest absolute Gasteiger partial charge is 0.444 e. The minimum absolute atomic E-state index is 0.200. The molecule has 13 heavy (non-hydrogen) atoms. The average Bonchev–Trinajstić information content (AvgIpc) is 2.03. The molecule has 1 heterocycles. The maximum Gasteiger partial charge on any atom is 0.410 e. The van der Waals surface area contributed by atoms with Crippen LogP contribution in [-0.4, -0.2) is 42.8 Å². The van der Waals surface area contributed by atoms with Crippen LogP contribution in [0.2, 0.25) is 0 Å². The summed E-state index contributed by atoms with van der Waals surface area (Å²) in [4.78, 5) is 13.2. The van der Waals surface area contributed by atoms with E-state index in [1.807, 2.05) is 20.8 Å². The van der Waals surface area contributed by atoms with Gasteiger partial charge >= 0.3 is 6.09 Å². The van der Waals surface area contributed by atoms with Crippen molar-refractivity contribution in [3.8, 4) is 0 Å². The van der Waals surface area contributed by atoms with Crippen molar-refractivity contribution in [2.45, 2.75) is 26.4 Å². The lowest BCUT2D eigenvalue weighted by atomic mass is 10.2. The highest BCUT2D eigenvalue weighted by molar-refractivity contribution is 5.68. The maximum absolute atomic E-state index is 11.5. The minimum Gasteiger partial charge on any atom is -0.444 e. The molecule has 1 saturated heterocycles. The molecule has 0 saturated carbocycles. The quantitative estimate of drug-likeness (QED) is 0.456. The lowest BCUT2D eigenvalue weighted by molar-refractivity contribution is 0.0229. The molecule has 76 valence electrons. The van der Waals surface area contributed by atoms with Crippen molar-refractivity contribution in [1.82, 2.24) is 10.2 Å². The van der Waals surface area contributed by atoms with Gasteiger partial charge in [0.05, 0.1) is 0 Å². The lowest BCUT2D eigenvalue weighted by Crippen LogP contribution is -2.48. The molecule has 0 spiro atoms. The normalized spacial score (nSPS) is 18.5. The molecule has 1 rings (SSSR count). The lowest BCUT2D eigenvalue weighted by Gasteiger charge is -2.30. The van der Waals surface area contributed by atoms with E-state index in [0.29, 0.717) is 0 Å². The molecule has 4 heteroatoms. The molecule has 1 aliphatic rings. The summed E-state index contributed by atoms with van der Waals surface area (Å²) in [5, 5.41) is 3.18. The van der Waals surface area contributed by atoms with Crippen LogP contribution in [0.3, 0.4) is 0 Å². The van der Waals surface area contributed by atoms with Gasteiger partial charge in [-0.2, -0.15) is 0 Å². The Hall–Kier alpha value is -0.770. The van der Waals surface area contributed by atoms with Gasteiger partial charge in [-0.3, -0.25) is 0 Å². The number of rotatable bonds is 0. The summed E-state index contributed by atoms with van der Waals surface area (Å²) in [5.41, 5.74) is -0.387. The highest BCUT2D eigenvalue weighted by Crippen LogP contribution is 2.09. The number of nitrogens with one attached hydrogen (secondary N) is 1. The Morgan fingerprint density at radius 1 is 1.31 bits per heavy atom. The molecular formula is C9H18N2O2. The number of carbonyl (C=O) groups excluding carboxylic acids is 1. The van der Waals surface area contributed by atoms with E-state index in [1.165, 1.54) is 0 Å². The van der Waals surface area contributed by atoms with Crippen LogP contribution in [0.1, 0.15) is 20.8 Å². The Morgan fingerprint density at radius 3 is 2.31 bits per heavy atom. The molecule has 0 atom stereocenters. The summed E-state index contributed by atoms with van der Waals surface area (Å²) < 4.78 is 5.24. The van der Waals surface area contributed by atoms with Crippen molar-refractivity contribution in [3.05, 3.63) is 0 Å². The van der Waals surface area contributed by atoms with Crippen LogP contribution in [0.25, 0.3) is 0 Å². The highest BCUT2D eigenvalue weighted by Gasteiger charge is 2.22. The molecule has 0 aromatic heterocycles. The number of hydrogen-bond donors (Lipinski definition) is 1. The summed E-state index contributed by atoms with van der Waals surface area (Å²) in [6.45, 7) is 8.86. The number of ether oxygens (including phenoxy) is 1. The molecule has 0 aromatic rings. The van der Waals surface area contributed by atoms with Gasteiger partial charge in [0.1, 0.15) is 5.60 Å². The number of hydrogen-bond acceptors (Lipinski definition) is 3. The van der Waals surface area contributed by atoms with E-state index in [0.717, 1.165) is 26.2 Å². The van der Waals surface area contributed by atoms with Gasteiger partial charge in [0.2, 0.25) is 0 Å². The highest BCUT2D eigenvalue weighted by atomic mass is 16.6. The maximum atomic E-state index is 11.5. The van der Waals surface area contributed by atoms with Crippen molar-refractivity contribution in [1.29, 1.82) is 0 Å². The van der Waals surface area contributed by atoms with E-state index in [1.54, 1.807) is 4.90 Å². The second-order valence-electron chi connectivity index (χ2n) is 4.22. The van der Waals surface area contributed by atoms with Crippen LogP contribution >= 0.6 is 0 Å². The van der Waals surface area contributed by atoms with Crippen LogP contribution in [0.15, 0.2) is 0 Å². The Labute approximate surface area is 79.2 Å². The first-order valence-electron chi connectivity index (χ1n) is 4.68. The second-order valence-corrected chi connectivity index (χ2v) is 4.22. The van der Waals surface area contributed by atoms with Crippen molar-refractivity contribution >= 4 is 6.09 Å². The third-order valence-electron chi connectivity index (χ3n) is 1.77. The molecule has 4 nitrogen and oxygen atoms in total. The molecule has 1 N–H and O–H groups in total. The van der Waals surface area contributed by atoms with Crippen LogP contribution in [0.5, 0.6) is 0 Å². The van der Waals surface area contributed by atoms with Gasteiger partial charge in [-0.15, -0.1) is 0 Å². The number of carbonyl (C=O) groups is 1. The molecule has 1 aliphatic heterocycles. The smallest absolute Gasteiger partial charge is 0.410 e. The summed E-state index contributed by atoms with van der Waals surface area (Å²) in [6.07, 6.45) is -0.200. The zero-order valence-electron chi connectivity index (χ0n) is 8.59. The Morgan fingerprint density at radius 2 is 1.85 bits per heavy atom. The van der Waals surface area contributed by atoms with Gasteiger partial charge in [0, 0.05) is 26.2 Å². The zero-order valence-corrected chi connectivity index (χ0v) is 8.59. The minimum atomic E-state index is -0.387. The Kier molecular flexibility index (Phi) is 3.14. The summed E-state index contributed by atoms with van der Waals surface area (Å²) >= 11 is 0. The molecular weight excluding hydrogens is 174 g/mol. The summed E-state index contributed by atoms with van der Waals surface area (Å²) in [6, 6.07) is 0. The second kappa shape index (κ2) is 3.96. The first-order chi connectivity index (χ1) is 5.99. The monoisotopic (exact) mass is 192 g/mol. The van der Waals surface area contributed by atoms with Crippen molar-refractivity contribution in [2.24, 2.45) is 0 Å². The average molecular weight is 192 g/mol. The van der Waals surface area contributed by atoms with E-state index in [9.17, 15) is 4.79 Å². The van der Waals surface area contributed by atoms with E-state index >= 15 is 0 Å². The first kappa shape index (κ1) is 10.3. The summed E-state index contributed by atoms with van der Waals surface area (Å²) in [7, 11) is 0. The Bertz CT molecular complexity index is 181. The van der Waals surface area contributed by atoms with E-state index in [4.69, 9.17) is 4.74 Å². The summed E-state index contributed by atoms with van der Waals surface area (Å²) in [5.74, 6) is 0. The third kappa shape index (κ3) is 3.63. The van der Waals surface area contributed by atoms with E-state index in [-0.39, 0.29) is 11.7 Å². The number of piperazine rings is 1. The van der Waals surface area contributed by atoms with Gasteiger partial charge in [-0.1, -0.05) is 0 Å². The molecule has 1 fully saturated rings. The molecule has 0 aromatic carbocycles. The Balaban J connectivity index is 2.38. The van der Waals surface area contributed by atoms with Gasteiger partial charge in [0.25, 0.3) is 0 Å². The van der Waals surface area contributed by atoms with Crippen molar-refractivity contribution < 1.29 is 9.53 Å². The molecule has 0 bridgehead atoms. The van der Waals surface area contributed by atoms with E-state index < -0.39 is 0 Å². The van der Waals surface area contributed by atoms with E-state index in [2.05, 4.69) is 5.32 Å². The predicted molar refractivity (Wildman–Crippen MR) is 50.7 cm³/mol. The fourth-order valence-electron chi connectivity index (χ4n) is 1.17. The molecule has 0 radical (unpaired) electrons. The van der Waals surface area contributed by atoms with Crippen LogP contribution in [0, 0.1) is 0 Å². The standard InChI is InChI=1S/C9H18N2O2/c1-9(2,3)13-8(12)11-6-4-10-5-7-11/h10H,4-7H2,1-3H3/i4+1,5+1,6+1,7+1,10+1,11+1. The van der Waals surface area contributed by atoms with Crippen molar-refractivity contribution in [2.75, 3.05) is 26.2 Å². The topological polar surface area (TPSA) is 41.6 Å². The van der Waals surface area contributed by atoms with Gasteiger partial charge < -0.3 is 15.0 Å².